The predicted octanol–water partition coefficient (Wildman–Crippen LogP) is 0.486. The number of nitrogens with zero attached hydrogens (tertiary/aromatic N) is 8. The van der Waals surface area contributed by atoms with E-state index in [-0.39, 0.29) is 34.1 Å². The van der Waals surface area contributed by atoms with Crippen LogP contribution in [0.1, 0.15) is 18.5 Å². The number of thiazole rings is 1. The van der Waals surface area contributed by atoms with E-state index in [9.17, 15) is 19.5 Å². The second-order valence-electron chi connectivity index (χ2n) is 8.40. The van der Waals surface area contributed by atoms with E-state index in [1.807, 2.05) is 12.2 Å². The van der Waals surface area contributed by atoms with E-state index >= 15 is 0 Å². The van der Waals surface area contributed by atoms with Crippen molar-refractivity contribution < 1.29 is 24.3 Å². The molecule has 39 heavy (non-hydrogen) atoms. The minimum Gasteiger partial charge on any atom is -0.477 e. The number of carbonyl (C=O) groups excluding carboxylic acids is 2. The summed E-state index contributed by atoms with van der Waals surface area (Å²) in [5.41, 5.74) is 6.12. The Hall–Kier alpha value is -4.03. The number of tetrazole rings is 1. The van der Waals surface area contributed by atoms with Gasteiger partial charge in [-0.05, 0) is 41.5 Å². The van der Waals surface area contributed by atoms with Crippen LogP contribution in [0.4, 0.5) is 5.13 Å². The molecule has 0 saturated carbocycles. The average molecular weight is 587 g/mol. The highest BCUT2D eigenvalue weighted by atomic mass is 32.2. The molecule has 15 nitrogen and oxygen atoms in total. The number of nitrogen functional groups attached to an aromatic ring is 1. The molecule has 2 aliphatic heterocycles. The van der Waals surface area contributed by atoms with E-state index in [0.717, 1.165) is 35.9 Å². The van der Waals surface area contributed by atoms with Gasteiger partial charge >= 0.3 is 5.97 Å². The number of hydrogen-bond acceptors (Lipinski definition) is 14. The molecular weight excluding hydrogens is 568 g/mol. The van der Waals surface area contributed by atoms with Crippen LogP contribution < -0.4 is 11.1 Å². The molecule has 3 atom stereocenters. The first-order valence-corrected chi connectivity index (χ1v) is 14.2. The van der Waals surface area contributed by atoms with E-state index in [1.54, 1.807) is 17.5 Å². The van der Waals surface area contributed by atoms with Crippen LogP contribution in [0.15, 0.2) is 50.4 Å². The van der Waals surface area contributed by atoms with Gasteiger partial charge in [-0.25, -0.2) is 9.78 Å². The fraction of sp³-hybridized carbons (Fsp3) is 0.286. The molecule has 200 valence electrons. The summed E-state index contributed by atoms with van der Waals surface area (Å²) in [5.74, 6) is -2.22. The Balaban J connectivity index is 1.20. The first-order valence-electron chi connectivity index (χ1n) is 11.5. The highest BCUT2D eigenvalue weighted by molar-refractivity contribution is 8.06. The molecule has 1 aliphatic carbocycles. The number of aliphatic carboxylic acids is 1. The highest BCUT2D eigenvalue weighted by Crippen LogP contribution is 2.44. The summed E-state index contributed by atoms with van der Waals surface area (Å²) >= 11 is 3.57. The van der Waals surface area contributed by atoms with Gasteiger partial charge in [0, 0.05) is 16.0 Å². The van der Waals surface area contributed by atoms with Crippen molar-refractivity contribution in [2.75, 3.05) is 11.5 Å². The van der Waals surface area contributed by atoms with Crippen LogP contribution in [-0.4, -0.2) is 87.0 Å². The lowest BCUT2D eigenvalue weighted by molar-refractivity contribution is -0.150. The Morgan fingerprint density at radius 3 is 2.95 bits per heavy atom. The third kappa shape index (κ3) is 4.81. The molecule has 0 radical (unpaired) electrons. The van der Waals surface area contributed by atoms with Gasteiger partial charge in [0.2, 0.25) is 0 Å². The summed E-state index contributed by atoms with van der Waals surface area (Å²) < 4.78 is 1.23. The molecule has 0 bridgehead atoms. The molecule has 3 aliphatic rings. The van der Waals surface area contributed by atoms with Crippen LogP contribution in [0.25, 0.3) is 5.65 Å². The van der Waals surface area contributed by atoms with Crippen molar-refractivity contribution in [1.82, 2.24) is 40.5 Å². The number of amides is 2. The van der Waals surface area contributed by atoms with Crippen LogP contribution >= 0.6 is 34.9 Å². The number of carboxylic acid groups (broad SMARTS) is 1. The number of rotatable bonds is 8. The standard InChI is InChI=1S/C21H18N10O5S3/c22-21-23-10(7-38-21)14(27-36-9-3-1-2-4-9)17(32)24-15-18(33)30-16(20(34)35)11(8-37-19(15)30)39-13-6-5-12-25-28-29-31(12)26-13/h1,3,5-7,9,15,19H,2,4,8H2,(H2,22,23)(H,24,32)(H,34,35)/t9?,15?,19-/m0/s1. The third-order valence-electron chi connectivity index (χ3n) is 5.92. The lowest BCUT2D eigenvalue weighted by Crippen LogP contribution is -2.71. The van der Waals surface area contributed by atoms with Crippen LogP contribution in [0, 0.1) is 0 Å². The fourth-order valence-corrected chi connectivity index (χ4v) is 7.08. The van der Waals surface area contributed by atoms with Crippen LogP contribution in [0.5, 0.6) is 0 Å². The quantitative estimate of drug-likeness (QED) is 0.142. The Kier molecular flexibility index (Phi) is 6.65. The molecule has 5 heterocycles. The van der Waals surface area contributed by atoms with Crippen molar-refractivity contribution in [3.63, 3.8) is 0 Å². The monoisotopic (exact) mass is 586 g/mol. The van der Waals surface area contributed by atoms with E-state index in [0.29, 0.717) is 15.6 Å². The van der Waals surface area contributed by atoms with Crippen molar-refractivity contribution in [3.05, 3.63) is 46.0 Å². The van der Waals surface area contributed by atoms with E-state index in [1.165, 1.54) is 21.3 Å². The van der Waals surface area contributed by atoms with Gasteiger partial charge in [0.25, 0.3) is 11.8 Å². The number of carbonyl (C=O) groups is 3. The summed E-state index contributed by atoms with van der Waals surface area (Å²) in [6, 6.07) is 2.35. The van der Waals surface area contributed by atoms with Crippen LogP contribution in [-0.2, 0) is 19.2 Å². The Morgan fingerprint density at radius 1 is 1.33 bits per heavy atom. The van der Waals surface area contributed by atoms with Gasteiger partial charge in [0.05, 0.1) is 0 Å². The number of anilines is 1. The van der Waals surface area contributed by atoms with Gasteiger partial charge in [0.15, 0.2) is 16.5 Å². The largest absolute Gasteiger partial charge is 0.477 e. The van der Waals surface area contributed by atoms with Gasteiger partial charge in [-0.3, -0.25) is 14.5 Å². The first-order chi connectivity index (χ1) is 18.9. The van der Waals surface area contributed by atoms with Crippen molar-refractivity contribution in [2.45, 2.75) is 35.4 Å². The molecule has 2 amide bonds. The summed E-state index contributed by atoms with van der Waals surface area (Å²) in [5, 5.41) is 33.7. The third-order valence-corrected chi connectivity index (χ3v) is 9.07. The number of nitrogens with one attached hydrogen (secondary N) is 1. The molecule has 6 rings (SSSR count). The van der Waals surface area contributed by atoms with Crippen molar-refractivity contribution in [2.24, 2.45) is 5.16 Å². The normalized spacial score (nSPS) is 22.7. The SMILES string of the molecule is Nc1nc(C(=NOC2C=CCC2)C(=O)NC2C(=O)N3C(C(=O)O)=C(Sc4ccc5nnnn5n4)CS[C@@H]23)cs1. The summed E-state index contributed by atoms with van der Waals surface area (Å²) in [7, 11) is 0. The number of carboxylic acids is 1. The zero-order valence-corrected chi connectivity index (χ0v) is 22.1. The van der Waals surface area contributed by atoms with Crippen LogP contribution in [0.2, 0.25) is 0 Å². The van der Waals surface area contributed by atoms with Gasteiger partial charge in [-0.2, -0.15) is 0 Å². The lowest BCUT2D eigenvalue weighted by Gasteiger charge is -2.49. The Bertz CT molecular complexity index is 1580. The van der Waals surface area contributed by atoms with Crippen molar-refractivity contribution in [3.8, 4) is 0 Å². The van der Waals surface area contributed by atoms with Gasteiger partial charge < -0.3 is 21.0 Å². The predicted molar refractivity (Wildman–Crippen MR) is 140 cm³/mol. The summed E-state index contributed by atoms with van der Waals surface area (Å²) in [6.45, 7) is 0. The number of aromatic nitrogens is 6. The zero-order valence-electron chi connectivity index (χ0n) is 19.7. The molecule has 1 fully saturated rings. The Morgan fingerprint density at radius 2 is 2.21 bits per heavy atom. The van der Waals surface area contributed by atoms with Gasteiger partial charge in [-0.15, -0.1) is 37.9 Å². The molecule has 0 spiro atoms. The van der Waals surface area contributed by atoms with Gasteiger partial charge in [0.1, 0.15) is 33.9 Å². The molecule has 18 heteroatoms. The number of thioether (sulfide) groups is 2. The second-order valence-corrected chi connectivity index (χ2v) is 11.5. The molecule has 3 aromatic rings. The maximum absolute atomic E-state index is 13.2. The van der Waals surface area contributed by atoms with Crippen molar-refractivity contribution in [1.29, 1.82) is 0 Å². The van der Waals surface area contributed by atoms with E-state index in [4.69, 9.17) is 10.6 Å². The van der Waals surface area contributed by atoms with Crippen molar-refractivity contribution >= 4 is 69.1 Å². The van der Waals surface area contributed by atoms with Gasteiger partial charge in [-0.1, -0.05) is 23.0 Å². The lowest BCUT2D eigenvalue weighted by atomic mass is 10.0. The van der Waals surface area contributed by atoms with E-state index in [2.05, 4.69) is 36.1 Å². The smallest absolute Gasteiger partial charge is 0.353 e. The number of oxime groups is 1. The number of β-lactam (4-membered cyclic amide) rings is 1. The molecular formula is C21H18N10O5S3. The molecule has 3 aromatic heterocycles. The molecule has 1 saturated heterocycles. The number of fused-ring (bicyclic) bond motifs is 2. The van der Waals surface area contributed by atoms with E-state index < -0.39 is 29.2 Å². The summed E-state index contributed by atoms with van der Waals surface area (Å²) in [4.78, 5) is 49.8. The zero-order chi connectivity index (χ0) is 27.1. The first kappa shape index (κ1) is 25.3. The minimum absolute atomic E-state index is 0.121. The topological polar surface area (TPSA) is 203 Å². The fourth-order valence-electron chi connectivity index (χ4n) is 4.11. The number of nitrogens with two attached hydrogens (primary N) is 1. The molecule has 2 unspecified atom stereocenters. The molecule has 0 aromatic carbocycles. The number of hydrogen-bond donors (Lipinski definition) is 3. The summed E-state index contributed by atoms with van der Waals surface area (Å²) in [6.07, 6.45) is 5.12. The second kappa shape index (κ2) is 10.3. The highest BCUT2D eigenvalue weighted by Gasteiger charge is 2.54. The molecule has 4 N–H and O–H groups in total. The number of allylic oxidation sites excluding steroid dienone is 1. The Labute approximate surface area is 231 Å². The maximum Gasteiger partial charge on any atom is 0.353 e. The minimum atomic E-state index is -1.26. The average Bonchev–Trinajstić information content (AvgIpc) is 3.69. The maximum atomic E-state index is 13.2. The van der Waals surface area contributed by atoms with Crippen LogP contribution in [0.3, 0.4) is 0 Å².